The summed E-state index contributed by atoms with van der Waals surface area (Å²) in [7, 11) is 0. The number of Topliss-reactive ketones (excluding diaryl/α,β-unsaturated/α-hetero) is 1. The zero-order chi connectivity index (χ0) is 10.7. The Labute approximate surface area is 85.5 Å². The largest absolute Gasteiger partial charge is 0.294 e. The van der Waals surface area contributed by atoms with Crippen molar-refractivity contribution in [3.8, 4) is 0 Å². The van der Waals surface area contributed by atoms with Gasteiger partial charge in [-0.25, -0.2) is 8.78 Å². The third-order valence-corrected chi connectivity index (χ3v) is 2.67. The van der Waals surface area contributed by atoms with Gasteiger partial charge >= 0.3 is 0 Å². The van der Waals surface area contributed by atoms with E-state index in [-0.39, 0.29) is 16.2 Å². The first kappa shape index (κ1) is 11.2. The second kappa shape index (κ2) is 4.55. The molecule has 0 unspecified atom stereocenters. The molecule has 76 valence electrons. The van der Waals surface area contributed by atoms with Crippen LogP contribution in [0.25, 0.3) is 0 Å². The molecule has 0 atom stereocenters. The number of hydrogen-bond acceptors (Lipinski definition) is 2. The maximum atomic E-state index is 13.2. The van der Waals surface area contributed by atoms with Crippen molar-refractivity contribution in [1.29, 1.82) is 0 Å². The topological polar surface area (TPSA) is 17.1 Å². The molecule has 1 aromatic carbocycles. The highest BCUT2D eigenvalue weighted by Gasteiger charge is 2.14. The van der Waals surface area contributed by atoms with Crippen molar-refractivity contribution in [2.75, 3.05) is 5.75 Å². The quantitative estimate of drug-likeness (QED) is 0.569. The van der Waals surface area contributed by atoms with Gasteiger partial charge in [0.05, 0.1) is 4.90 Å². The number of benzene rings is 1. The van der Waals surface area contributed by atoms with Gasteiger partial charge in [-0.2, -0.15) is 0 Å². The molecule has 0 aliphatic rings. The van der Waals surface area contributed by atoms with E-state index in [0.29, 0.717) is 5.75 Å². The Hall–Kier alpha value is -0.900. The number of hydrogen-bond donors (Lipinski definition) is 0. The molecule has 0 bridgehead atoms. The molecule has 0 aliphatic heterocycles. The number of rotatable bonds is 3. The SMILES string of the molecule is CCSc1c(F)cc(F)cc1C(C)=O. The Kier molecular flexibility index (Phi) is 3.63. The number of thioether (sulfide) groups is 1. The Morgan fingerprint density at radius 2 is 2.07 bits per heavy atom. The van der Waals surface area contributed by atoms with Crippen LogP contribution >= 0.6 is 11.8 Å². The number of ketones is 1. The molecule has 0 N–H and O–H groups in total. The Balaban J connectivity index is 3.28. The predicted octanol–water partition coefficient (Wildman–Crippen LogP) is 3.28. The fraction of sp³-hybridized carbons (Fsp3) is 0.300. The minimum absolute atomic E-state index is 0.120. The van der Waals surface area contributed by atoms with E-state index in [4.69, 9.17) is 0 Å². The van der Waals surface area contributed by atoms with Gasteiger partial charge in [0.1, 0.15) is 11.6 Å². The normalized spacial score (nSPS) is 10.3. The maximum absolute atomic E-state index is 13.2. The van der Waals surface area contributed by atoms with Crippen molar-refractivity contribution < 1.29 is 13.6 Å². The van der Waals surface area contributed by atoms with Crippen molar-refractivity contribution in [2.45, 2.75) is 18.7 Å². The van der Waals surface area contributed by atoms with E-state index in [0.717, 1.165) is 12.1 Å². The first-order chi connectivity index (χ1) is 6.56. The van der Waals surface area contributed by atoms with Crippen LogP contribution in [0, 0.1) is 11.6 Å². The summed E-state index contributed by atoms with van der Waals surface area (Å²) in [5.74, 6) is -1.06. The molecular weight excluding hydrogens is 206 g/mol. The third kappa shape index (κ3) is 2.32. The van der Waals surface area contributed by atoms with Crippen LogP contribution in [0.3, 0.4) is 0 Å². The van der Waals surface area contributed by atoms with Crippen LogP contribution in [0.1, 0.15) is 24.2 Å². The molecule has 0 aromatic heterocycles. The molecule has 1 nitrogen and oxygen atoms in total. The Bertz CT molecular complexity index is 363. The summed E-state index contributed by atoms with van der Waals surface area (Å²) < 4.78 is 26.1. The summed E-state index contributed by atoms with van der Waals surface area (Å²) >= 11 is 1.20. The zero-order valence-electron chi connectivity index (χ0n) is 7.93. The van der Waals surface area contributed by atoms with Gasteiger partial charge in [0.25, 0.3) is 0 Å². The number of carbonyl (C=O) groups is 1. The Morgan fingerprint density at radius 3 is 2.57 bits per heavy atom. The van der Waals surface area contributed by atoms with Gasteiger partial charge in [-0.1, -0.05) is 6.92 Å². The predicted molar refractivity (Wildman–Crippen MR) is 52.8 cm³/mol. The molecule has 14 heavy (non-hydrogen) atoms. The lowest BCUT2D eigenvalue weighted by Crippen LogP contribution is -1.99. The van der Waals surface area contributed by atoms with Crippen LogP contribution in [0.15, 0.2) is 17.0 Å². The second-order valence-corrected chi connectivity index (χ2v) is 4.03. The van der Waals surface area contributed by atoms with E-state index in [1.54, 1.807) is 0 Å². The summed E-state index contributed by atoms with van der Waals surface area (Å²) in [5.41, 5.74) is 0.120. The lowest BCUT2D eigenvalue weighted by Gasteiger charge is -2.06. The first-order valence-electron chi connectivity index (χ1n) is 4.19. The van der Waals surface area contributed by atoms with E-state index in [2.05, 4.69) is 0 Å². The average molecular weight is 216 g/mol. The molecule has 4 heteroatoms. The third-order valence-electron chi connectivity index (χ3n) is 1.68. The summed E-state index contributed by atoms with van der Waals surface area (Å²) in [6, 6.07) is 1.87. The van der Waals surface area contributed by atoms with E-state index < -0.39 is 11.6 Å². The zero-order valence-corrected chi connectivity index (χ0v) is 8.75. The van der Waals surface area contributed by atoms with Crippen LogP contribution in [0.4, 0.5) is 8.78 Å². The number of carbonyl (C=O) groups excluding carboxylic acids is 1. The van der Waals surface area contributed by atoms with Crippen LogP contribution in [-0.2, 0) is 0 Å². The van der Waals surface area contributed by atoms with Crippen molar-refractivity contribution >= 4 is 17.5 Å². The van der Waals surface area contributed by atoms with Crippen molar-refractivity contribution in [2.24, 2.45) is 0 Å². The van der Waals surface area contributed by atoms with Gasteiger partial charge in [-0.15, -0.1) is 11.8 Å². The Morgan fingerprint density at radius 1 is 1.43 bits per heavy atom. The molecule has 1 rings (SSSR count). The van der Waals surface area contributed by atoms with E-state index in [1.807, 2.05) is 6.92 Å². The van der Waals surface area contributed by atoms with Gasteiger partial charge in [0, 0.05) is 11.6 Å². The lowest BCUT2D eigenvalue weighted by molar-refractivity contribution is 0.101. The molecule has 0 radical (unpaired) electrons. The highest BCUT2D eigenvalue weighted by molar-refractivity contribution is 7.99. The minimum atomic E-state index is -0.715. The smallest absolute Gasteiger partial charge is 0.161 e. The molecule has 0 amide bonds. The molecule has 0 spiro atoms. The van der Waals surface area contributed by atoms with Crippen LogP contribution in [0.2, 0.25) is 0 Å². The maximum Gasteiger partial charge on any atom is 0.161 e. The van der Waals surface area contributed by atoms with Gasteiger partial charge in [-0.05, 0) is 18.7 Å². The first-order valence-corrected chi connectivity index (χ1v) is 5.17. The summed E-state index contributed by atoms with van der Waals surface area (Å²) in [6.45, 7) is 3.14. The van der Waals surface area contributed by atoms with Crippen molar-refractivity contribution in [3.63, 3.8) is 0 Å². The molecule has 0 saturated carbocycles. The molecule has 1 aromatic rings. The highest BCUT2D eigenvalue weighted by atomic mass is 32.2. The molecule has 0 fully saturated rings. The average Bonchev–Trinajstić information content (AvgIpc) is 2.09. The molecule has 0 saturated heterocycles. The van der Waals surface area contributed by atoms with Crippen molar-refractivity contribution in [1.82, 2.24) is 0 Å². The van der Waals surface area contributed by atoms with Gasteiger partial charge in [0.15, 0.2) is 5.78 Å². The van der Waals surface area contributed by atoms with Crippen LogP contribution in [0.5, 0.6) is 0 Å². The molecular formula is C10H10F2OS. The van der Waals surface area contributed by atoms with Crippen LogP contribution < -0.4 is 0 Å². The monoisotopic (exact) mass is 216 g/mol. The van der Waals surface area contributed by atoms with E-state index >= 15 is 0 Å². The lowest BCUT2D eigenvalue weighted by atomic mass is 10.1. The second-order valence-electron chi connectivity index (χ2n) is 2.75. The number of halogens is 2. The summed E-state index contributed by atoms with van der Waals surface area (Å²) in [4.78, 5) is 11.3. The highest BCUT2D eigenvalue weighted by Crippen LogP contribution is 2.27. The van der Waals surface area contributed by atoms with Gasteiger partial charge < -0.3 is 0 Å². The molecule has 0 aliphatic carbocycles. The van der Waals surface area contributed by atoms with Gasteiger partial charge in [-0.3, -0.25) is 4.79 Å². The standard InChI is InChI=1S/C10H10F2OS/c1-3-14-10-8(6(2)13)4-7(11)5-9(10)12/h4-5H,3H2,1-2H3. The van der Waals surface area contributed by atoms with E-state index in [1.165, 1.54) is 18.7 Å². The fourth-order valence-corrected chi connectivity index (χ4v) is 1.96. The van der Waals surface area contributed by atoms with Crippen LogP contribution in [-0.4, -0.2) is 11.5 Å². The van der Waals surface area contributed by atoms with E-state index in [9.17, 15) is 13.6 Å². The van der Waals surface area contributed by atoms with Gasteiger partial charge in [0.2, 0.25) is 0 Å². The summed E-state index contributed by atoms with van der Waals surface area (Å²) in [6.07, 6.45) is 0. The summed E-state index contributed by atoms with van der Waals surface area (Å²) in [5, 5.41) is 0. The molecule has 0 heterocycles. The fourth-order valence-electron chi connectivity index (χ4n) is 1.11. The van der Waals surface area contributed by atoms with Crippen molar-refractivity contribution in [3.05, 3.63) is 29.3 Å². The minimum Gasteiger partial charge on any atom is -0.294 e.